The first-order chi connectivity index (χ1) is 15.1. The van der Waals surface area contributed by atoms with E-state index in [1.54, 1.807) is 23.1 Å². The van der Waals surface area contributed by atoms with Crippen LogP contribution in [0.3, 0.4) is 0 Å². The Morgan fingerprint density at radius 3 is 2.29 bits per heavy atom. The lowest BCUT2D eigenvalue weighted by molar-refractivity contribution is 0.0980. The van der Waals surface area contributed by atoms with Crippen LogP contribution in [0, 0.1) is 0 Å². The van der Waals surface area contributed by atoms with Crippen LogP contribution in [0.15, 0.2) is 53.3 Å². The lowest BCUT2D eigenvalue weighted by Crippen LogP contribution is -2.44. The molecule has 31 heavy (non-hydrogen) atoms. The van der Waals surface area contributed by atoms with Crippen molar-refractivity contribution in [1.29, 1.82) is 0 Å². The topological polar surface area (TPSA) is 84.2 Å². The first-order valence-electron chi connectivity index (χ1n) is 10.4. The number of nitrogens with zero attached hydrogens (tertiary/aromatic N) is 6. The Bertz CT molecular complexity index is 1380. The Hall–Kier alpha value is -3.81. The van der Waals surface area contributed by atoms with Crippen molar-refractivity contribution in [2.24, 2.45) is 0 Å². The van der Waals surface area contributed by atoms with Gasteiger partial charge in [-0.2, -0.15) is 5.10 Å². The minimum absolute atomic E-state index is 0.182. The van der Waals surface area contributed by atoms with Crippen molar-refractivity contribution in [2.45, 2.75) is 19.9 Å². The monoisotopic (exact) mass is 414 g/mol. The molecule has 0 fully saturated rings. The van der Waals surface area contributed by atoms with Gasteiger partial charge in [-0.1, -0.05) is 37.3 Å². The van der Waals surface area contributed by atoms with Gasteiger partial charge in [0.15, 0.2) is 17.3 Å². The fraction of sp³-hybridized carbons (Fsp3) is 0.261. The summed E-state index contributed by atoms with van der Waals surface area (Å²) in [4.78, 5) is 39.7. The van der Waals surface area contributed by atoms with Crippen LogP contribution < -0.4 is 15.4 Å². The summed E-state index contributed by atoms with van der Waals surface area (Å²) < 4.78 is 1.39. The molecule has 1 aliphatic rings. The van der Waals surface area contributed by atoms with Crippen LogP contribution in [0.25, 0.3) is 21.8 Å². The van der Waals surface area contributed by atoms with Gasteiger partial charge in [0, 0.05) is 32.1 Å². The zero-order chi connectivity index (χ0) is 21.5. The summed E-state index contributed by atoms with van der Waals surface area (Å²) in [5.41, 5.74) is 1.58. The van der Waals surface area contributed by atoms with Crippen molar-refractivity contribution in [3.05, 3.63) is 64.6 Å². The number of benzene rings is 2. The highest BCUT2D eigenvalue weighted by Crippen LogP contribution is 2.32. The van der Waals surface area contributed by atoms with Crippen LogP contribution in [0.1, 0.15) is 23.8 Å². The predicted octanol–water partition coefficient (Wildman–Crippen LogP) is 2.85. The van der Waals surface area contributed by atoms with Crippen LogP contribution in [-0.2, 0) is 6.54 Å². The van der Waals surface area contributed by atoms with E-state index in [-0.39, 0.29) is 17.2 Å². The van der Waals surface area contributed by atoms with Gasteiger partial charge < -0.3 is 4.90 Å². The highest BCUT2D eigenvalue weighted by Gasteiger charge is 2.31. The van der Waals surface area contributed by atoms with Gasteiger partial charge in [-0.3, -0.25) is 14.5 Å². The molecule has 1 aliphatic heterocycles. The number of para-hydroxylation sites is 2. The zero-order valence-electron chi connectivity index (χ0n) is 17.4. The Morgan fingerprint density at radius 1 is 0.935 bits per heavy atom. The third kappa shape index (κ3) is 3.11. The number of anilines is 2. The lowest BCUT2D eigenvalue weighted by atomic mass is 10.1. The molecule has 0 saturated heterocycles. The molecule has 0 aliphatic carbocycles. The van der Waals surface area contributed by atoms with Gasteiger partial charge in [-0.15, -0.1) is 0 Å². The highest BCUT2D eigenvalue weighted by molar-refractivity contribution is 6.13. The fourth-order valence-corrected chi connectivity index (χ4v) is 3.96. The summed E-state index contributed by atoms with van der Waals surface area (Å²) in [5.74, 6) is 0.890. The van der Waals surface area contributed by atoms with E-state index in [9.17, 15) is 9.59 Å². The van der Waals surface area contributed by atoms with Crippen molar-refractivity contribution in [2.75, 3.05) is 29.9 Å². The van der Waals surface area contributed by atoms with E-state index in [4.69, 9.17) is 9.97 Å². The first-order valence-corrected chi connectivity index (χ1v) is 10.4. The number of aromatic nitrogens is 4. The van der Waals surface area contributed by atoms with Crippen LogP contribution in [0.5, 0.6) is 0 Å². The summed E-state index contributed by atoms with van der Waals surface area (Å²) in [5, 5.41) is 5.52. The van der Waals surface area contributed by atoms with E-state index >= 15 is 0 Å². The van der Waals surface area contributed by atoms with E-state index in [1.807, 2.05) is 49.2 Å². The second kappa shape index (κ2) is 7.46. The molecular formula is C23H22N6O2. The number of rotatable bonds is 3. The van der Waals surface area contributed by atoms with Crippen molar-refractivity contribution in [1.82, 2.24) is 19.7 Å². The largest absolute Gasteiger partial charge is 0.355 e. The summed E-state index contributed by atoms with van der Waals surface area (Å²) in [6.07, 6.45) is 0.744. The Morgan fingerprint density at radius 2 is 1.58 bits per heavy atom. The smallest absolute Gasteiger partial charge is 0.280 e. The van der Waals surface area contributed by atoms with Gasteiger partial charge in [0.25, 0.3) is 11.5 Å². The van der Waals surface area contributed by atoms with Crippen LogP contribution in [0.2, 0.25) is 0 Å². The maximum absolute atomic E-state index is 13.7. The number of amides is 1. The average molecular weight is 414 g/mol. The maximum Gasteiger partial charge on any atom is 0.280 e. The molecule has 8 nitrogen and oxygen atoms in total. The second-order valence-electron chi connectivity index (χ2n) is 7.66. The van der Waals surface area contributed by atoms with E-state index in [0.29, 0.717) is 42.0 Å². The molecule has 1 amide bonds. The number of hydrogen-bond donors (Lipinski definition) is 0. The van der Waals surface area contributed by atoms with Gasteiger partial charge in [-0.25, -0.2) is 14.6 Å². The molecule has 3 heterocycles. The molecule has 2 aromatic heterocycles. The Balaban J connectivity index is 1.69. The maximum atomic E-state index is 13.7. The highest BCUT2D eigenvalue weighted by atomic mass is 16.2. The number of hydrogen-bond acceptors (Lipinski definition) is 6. The number of aryl methyl sites for hydroxylation is 1. The number of carbonyl (C=O) groups excluding carboxylic acids is 1. The van der Waals surface area contributed by atoms with Crippen LogP contribution in [-0.4, -0.2) is 45.8 Å². The normalized spacial score (nSPS) is 13.6. The molecule has 0 N–H and O–H groups in total. The van der Waals surface area contributed by atoms with Crippen molar-refractivity contribution in [3.8, 4) is 0 Å². The molecule has 0 unspecified atom stereocenters. The Kier molecular flexibility index (Phi) is 4.62. The zero-order valence-corrected chi connectivity index (χ0v) is 17.4. The van der Waals surface area contributed by atoms with E-state index in [1.165, 1.54) is 4.68 Å². The third-order valence-electron chi connectivity index (χ3n) is 5.56. The number of carbonyl (C=O) groups is 1. The van der Waals surface area contributed by atoms with Crippen molar-refractivity contribution in [3.63, 3.8) is 0 Å². The third-order valence-corrected chi connectivity index (χ3v) is 5.56. The van der Waals surface area contributed by atoms with E-state index in [2.05, 4.69) is 5.10 Å². The minimum Gasteiger partial charge on any atom is -0.355 e. The molecular weight excluding hydrogens is 392 g/mol. The minimum atomic E-state index is -0.278. The molecule has 2 aromatic carbocycles. The lowest BCUT2D eigenvalue weighted by Gasteiger charge is -2.33. The fourth-order valence-electron chi connectivity index (χ4n) is 3.96. The predicted molar refractivity (Wildman–Crippen MR) is 121 cm³/mol. The molecule has 5 rings (SSSR count). The van der Waals surface area contributed by atoms with Crippen LogP contribution >= 0.6 is 0 Å². The summed E-state index contributed by atoms with van der Waals surface area (Å²) >= 11 is 0. The van der Waals surface area contributed by atoms with Gasteiger partial charge in [0.05, 0.1) is 16.4 Å². The van der Waals surface area contributed by atoms with Gasteiger partial charge in [-0.05, 0) is 24.6 Å². The Labute approximate surface area is 178 Å². The summed E-state index contributed by atoms with van der Waals surface area (Å²) in [6, 6.07) is 14.7. The van der Waals surface area contributed by atoms with Gasteiger partial charge in [0.1, 0.15) is 0 Å². The molecule has 156 valence electrons. The summed E-state index contributed by atoms with van der Waals surface area (Å²) in [7, 11) is 1.94. The molecule has 0 atom stereocenters. The van der Waals surface area contributed by atoms with E-state index < -0.39 is 0 Å². The van der Waals surface area contributed by atoms with Gasteiger partial charge >= 0.3 is 0 Å². The molecule has 4 aromatic rings. The molecule has 0 spiro atoms. The summed E-state index contributed by atoms with van der Waals surface area (Å²) in [6.45, 7) is 3.51. The number of likely N-dealkylation sites (N-methyl/N-ethyl adjacent to an activating group) is 1. The van der Waals surface area contributed by atoms with Gasteiger partial charge in [0.2, 0.25) is 0 Å². The second-order valence-corrected chi connectivity index (χ2v) is 7.66. The number of fused-ring (bicyclic) bond motifs is 3. The molecule has 0 saturated carbocycles. The van der Waals surface area contributed by atoms with E-state index in [0.717, 1.165) is 17.5 Å². The standard InChI is InChI=1S/C23H22N6O2/c1-3-12-29-22(30)16-9-5-4-8-15(16)19(26-29)23(31)28-14-13-27(2)20-21(28)25-18-11-7-6-10-17(18)24-20/h4-11H,3,12-14H2,1-2H3. The van der Waals surface area contributed by atoms with Crippen molar-refractivity contribution >= 4 is 39.3 Å². The molecule has 8 heteroatoms. The quantitative estimate of drug-likeness (QED) is 0.513. The average Bonchev–Trinajstić information content (AvgIpc) is 2.80. The molecule has 0 bridgehead atoms. The SMILES string of the molecule is CCCn1nc(C(=O)N2CCN(C)c3nc4ccccc4nc32)c2ccccc2c1=O. The molecule has 0 radical (unpaired) electrons. The van der Waals surface area contributed by atoms with Crippen LogP contribution in [0.4, 0.5) is 11.6 Å². The first kappa shape index (κ1) is 19.2. The van der Waals surface area contributed by atoms with Crippen molar-refractivity contribution < 1.29 is 4.79 Å².